The molecule has 5 nitrogen and oxygen atoms in total. The molecule has 6 heteroatoms. The Balaban J connectivity index is 0.00000272. The van der Waals surface area contributed by atoms with Gasteiger partial charge in [0.2, 0.25) is 0 Å². The molecule has 0 aliphatic carbocycles. The number of rotatable bonds is 7. The van der Waals surface area contributed by atoms with Crippen molar-refractivity contribution in [1.82, 2.24) is 4.90 Å². The van der Waals surface area contributed by atoms with Gasteiger partial charge >= 0.3 is 0 Å². The van der Waals surface area contributed by atoms with Crippen LogP contribution < -0.4 is 4.90 Å². The SMILES string of the molecule is C.Cc1ccc2c(c1C)N(CCCN(C)Cc1ccc(CO)o1)c1ccccc1S2=O. The first-order valence-electron chi connectivity index (χ1n) is 10.2. The summed E-state index contributed by atoms with van der Waals surface area (Å²) in [6.07, 6.45) is 0.956. The van der Waals surface area contributed by atoms with E-state index < -0.39 is 10.8 Å². The molecule has 166 valence electrons. The van der Waals surface area contributed by atoms with Crippen LogP contribution in [0.4, 0.5) is 11.4 Å². The fraction of sp³-hybridized carbons (Fsp3) is 0.360. The number of aryl methyl sites for hydroxylation is 1. The zero-order chi connectivity index (χ0) is 21.3. The van der Waals surface area contributed by atoms with Gasteiger partial charge in [-0.15, -0.1) is 0 Å². The standard InChI is InChI=1S/C24H28N2O3S.CH4/c1-17-9-12-23-24(18(17)2)26(21-7-4-5-8-22(21)30(23)28)14-6-13-25(3)15-19-10-11-20(16-27)29-19;/h4-5,7-12,27H,6,13-16H2,1-3H3;1H4. The van der Waals surface area contributed by atoms with Crippen molar-refractivity contribution in [3.8, 4) is 0 Å². The number of fused-ring (bicyclic) bond motifs is 2. The average Bonchev–Trinajstić information content (AvgIpc) is 3.20. The fourth-order valence-corrected chi connectivity index (χ4v) is 5.44. The summed E-state index contributed by atoms with van der Waals surface area (Å²) < 4.78 is 18.8. The molecule has 3 aromatic rings. The molecule has 1 N–H and O–H groups in total. The lowest BCUT2D eigenvalue weighted by Crippen LogP contribution is -2.29. The van der Waals surface area contributed by atoms with Crippen LogP contribution in [0.15, 0.2) is 62.7 Å². The second-order valence-corrected chi connectivity index (χ2v) is 9.28. The van der Waals surface area contributed by atoms with E-state index in [1.807, 2.05) is 36.4 Å². The van der Waals surface area contributed by atoms with Crippen LogP contribution in [-0.2, 0) is 24.0 Å². The third kappa shape index (κ3) is 4.61. The van der Waals surface area contributed by atoms with Crippen molar-refractivity contribution in [2.24, 2.45) is 0 Å². The van der Waals surface area contributed by atoms with Crippen LogP contribution in [-0.4, -0.2) is 34.4 Å². The van der Waals surface area contributed by atoms with Crippen molar-refractivity contribution < 1.29 is 13.7 Å². The molecule has 4 rings (SSSR count). The Kier molecular flexibility index (Phi) is 7.36. The second-order valence-electron chi connectivity index (χ2n) is 7.86. The monoisotopic (exact) mass is 440 g/mol. The van der Waals surface area contributed by atoms with Gasteiger partial charge in [-0.3, -0.25) is 4.90 Å². The molecule has 0 radical (unpaired) electrons. The molecule has 2 aromatic carbocycles. The first kappa shape index (κ1) is 23.3. The maximum atomic E-state index is 13.2. The van der Waals surface area contributed by atoms with Gasteiger partial charge in [-0.1, -0.05) is 25.6 Å². The third-order valence-electron chi connectivity index (χ3n) is 5.71. The molecule has 0 saturated heterocycles. The van der Waals surface area contributed by atoms with Crippen LogP contribution in [0.2, 0.25) is 0 Å². The highest BCUT2D eigenvalue weighted by atomic mass is 32.2. The third-order valence-corrected chi connectivity index (χ3v) is 7.18. The van der Waals surface area contributed by atoms with Crippen LogP contribution in [0.3, 0.4) is 0 Å². The minimum absolute atomic E-state index is 0. The summed E-state index contributed by atoms with van der Waals surface area (Å²) in [6, 6.07) is 15.8. The van der Waals surface area contributed by atoms with E-state index in [9.17, 15) is 4.21 Å². The molecule has 1 atom stereocenters. The number of para-hydroxylation sites is 1. The molecule has 0 amide bonds. The highest BCUT2D eigenvalue weighted by Gasteiger charge is 2.29. The number of aliphatic hydroxyl groups is 1. The number of aliphatic hydroxyl groups excluding tert-OH is 1. The highest BCUT2D eigenvalue weighted by molar-refractivity contribution is 7.85. The van der Waals surface area contributed by atoms with Crippen LogP contribution in [0, 0.1) is 13.8 Å². The van der Waals surface area contributed by atoms with Crippen molar-refractivity contribution in [2.45, 2.75) is 50.6 Å². The van der Waals surface area contributed by atoms with Gasteiger partial charge in [-0.25, -0.2) is 4.21 Å². The zero-order valence-electron chi connectivity index (χ0n) is 17.7. The Morgan fingerprint density at radius 1 is 1.03 bits per heavy atom. The first-order valence-corrected chi connectivity index (χ1v) is 11.4. The quantitative estimate of drug-likeness (QED) is 0.550. The summed E-state index contributed by atoms with van der Waals surface area (Å²) >= 11 is 0. The molecule has 0 fully saturated rings. The zero-order valence-corrected chi connectivity index (χ0v) is 18.5. The van der Waals surface area contributed by atoms with Crippen molar-refractivity contribution in [1.29, 1.82) is 0 Å². The molecule has 2 heterocycles. The first-order chi connectivity index (χ1) is 14.5. The number of anilines is 2. The van der Waals surface area contributed by atoms with Crippen LogP contribution in [0.1, 0.15) is 36.5 Å². The number of hydrogen-bond donors (Lipinski definition) is 1. The van der Waals surface area contributed by atoms with Gasteiger partial charge in [0.1, 0.15) is 18.1 Å². The predicted molar refractivity (Wildman–Crippen MR) is 126 cm³/mol. The Hall–Kier alpha value is -2.41. The van der Waals surface area contributed by atoms with E-state index in [1.54, 1.807) is 0 Å². The van der Waals surface area contributed by atoms with E-state index in [0.717, 1.165) is 46.4 Å². The molecule has 1 unspecified atom stereocenters. The maximum Gasteiger partial charge on any atom is 0.129 e. The number of furan rings is 1. The van der Waals surface area contributed by atoms with Crippen molar-refractivity contribution >= 4 is 22.2 Å². The molecular formula is C25H32N2O3S. The molecule has 31 heavy (non-hydrogen) atoms. The summed E-state index contributed by atoms with van der Waals surface area (Å²) in [5.41, 5.74) is 4.53. The molecule has 1 aliphatic heterocycles. The van der Waals surface area contributed by atoms with Gasteiger partial charge in [-0.2, -0.15) is 0 Å². The van der Waals surface area contributed by atoms with Crippen molar-refractivity contribution in [3.05, 3.63) is 71.2 Å². The van der Waals surface area contributed by atoms with E-state index >= 15 is 0 Å². The maximum absolute atomic E-state index is 13.2. The molecule has 0 bridgehead atoms. The lowest BCUT2D eigenvalue weighted by atomic mass is 10.1. The Labute approximate surface area is 187 Å². The topological polar surface area (TPSA) is 56.9 Å². The molecule has 1 aromatic heterocycles. The molecular weight excluding hydrogens is 408 g/mol. The minimum atomic E-state index is -1.15. The Bertz CT molecular complexity index is 1080. The van der Waals surface area contributed by atoms with Gasteiger partial charge in [0.25, 0.3) is 0 Å². The van der Waals surface area contributed by atoms with Gasteiger partial charge in [0, 0.05) is 13.1 Å². The molecule has 0 saturated carbocycles. The summed E-state index contributed by atoms with van der Waals surface area (Å²) in [5, 5.41) is 9.16. The summed E-state index contributed by atoms with van der Waals surface area (Å²) in [7, 11) is 0.919. The predicted octanol–water partition coefficient (Wildman–Crippen LogP) is 5.17. The van der Waals surface area contributed by atoms with E-state index in [-0.39, 0.29) is 14.0 Å². The van der Waals surface area contributed by atoms with Crippen LogP contribution >= 0.6 is 0 Å². The number of hydrogen-bond acceptors (Lipinski definition) is 5. The number of benzene rings is 2. The summed E-state index contributed by atoms with van der Waals surface area (Å²) in [5.74, 6) is 1.45. The summed E-state index contributed by atoms with van der Waals surface area (Å²) in [4.78, 5) is 6.34. The largest absolute Gasteiger partial charge is 0.462 e. The van der Waals surface area contributed by atoms with Gasteiger partial charge in [0.15, 0.2) is 0 Å². The van der Waals surface area contributed by atoms with E-state index in [4.69, 9.17) is 9.52 Å². The van der Waals surface area contributed by atoms with Crippen LogP contribution in [0.5, 0.6) is 0 Å². The highest BCUT2D eigenvalue weighted by Crippen LogP contribution is 2.44. The normalized spacial score (nSPS) is 14.9. The smallest absolute Gasteiger partial charge is 0.129 e. The molecule has 1 aliphatic rings. The average molecular weight is 441 g/mol. The molecule has 0 spiro atoms. The van der Waals surface area contributed by atoms with Crippen molar-refractivity contribution in [2.75, 3.05) is 25.0 Å². The lowest BCUT2D eigenvalue weighted by molar-refractivity contribution is 0.232. The van der Waals surface area contributed by atoms with E-state index in [1.165, 1.54) is 11.1 Å². The summed E-state index contributed by atoms with van der Waals surface area (Å²) in [6.45, 7) is 6.60. The lowest BCUT2D eigenvalue weighted by Gasteiger charge is -2.35. The van der Waals surface area contributed by atoms with Gasteiger partial charge in [0.05, 0.1) is 38.5 Å². The Morgan fingerprint density at radius 3 is 2.52 bits per heavy atom. The van der Waals surface area contributed by atoms with E-state index in [2.05, 4.69) is 42.8 Å². The Morgan fingerprint density at radius 2 is 1.77 bits per heavy atom. The minimum Gasteiger partial charge on any atom is -0.462 e. The van der Waals surface area contributed by atoms with Crippen molar-refractivity contribution in [3.63, 3.8) is 0 Å². The second kappa shape index (κ2) is 9.81. The van der Waals surface area contributed by atoms with Gasteiger partial charge < -0.3 is 14.4 Å². The fourth-order valence-electron chi connectivity index (χ4n) is 4.01. The van der Waals surface area contributed by atoms with Gasteiger partial charge in [-0.05, 0) is 68.8 Å². The number of nitrogens with zero attached hydrogens (tertiary/aromatic N) is 2. The van der Waals surface area contributed by atoms with E-state index in [0.29, 0.717) is 12.3 Å². The van der Waals surface area contributed by atoms with Crippen LogP contribution in [0.25, 0.3) is 0 Å².